The van der Waals surface area contributed by atoms with Gasteiger partial charge in [-0.1, -0.05) is 29.8 Å². The smallest absolute Gasteiger partial charge is 0.264 e. The Balaban J connectivity index is 2.10. The predicted molar refractivity (Wildman–Crippen MR) is 116 cm³/mol. The van der Waals surface area contributed by atoms with Gasteiger partial charge in [0.2, 0.25) is 0 Å². The van der Waals surface area contributed by atoms with E-state index >= 15 is 0 Å². The molecule has 158 valence electrons. The molecule has 0 atom stereocenters. The number of halogens is 2. The minimum Gasteiger partial charge on any atom is -0.493 e. The number of rotatable bonds is 7. The number of anilines is 1. The molecule has 3 aromatic rings. The number of nitrogens with zero attached hydrogens (tertiary/aromatic N) is 1. The lowest BCUT2D eigenvalue weighted by atomic mass is 10.2. The van der Waals surface area contributed by atoms with Crippen molar-refractivity contribution in [3.8, 4) is 11.5 Å². The predicted octanol–water partition coefficient (Wildman–Crippen LogP) is 5.20. The van der Waals surface area contributed by atoms with Gasteiger partial charge >= 0.3 is 0 Å². The number of sulfonamides is 1. The normalized spacial score (nSPS) is 11.2. The fraction of sp³-hybridized carbons (Fsp3) is 0.182. The van der Waals surface area contributed by atoms with Crippen molar-refractivity contribution >= 4 is 27.3 Å². The first kappa shape index (κ1) is 21.9. The zero-order valence-corrected chi connectivity index (χ0v) is 18.3. The van der Waals surface area contributed by atoms with Crippen LogP contribution in [-0.2, 0) is 16.6 Å². The average Bonchev–Trinajstić information content (AvgIpc) is 2.73. The molecule has 0 bridgehead atoms. The van der Waals surface area contributed by atoms with Crippen molar-refractivity contribution in [2.45, 2.75) is 18.4 Å². The number of methoxy groups -OCH3 is 2. The molecule has 0 aromatic heterocycles. The highest BCUT2D eigenvalue weighted by Crippen LogP contribution is 2.32. The highest BCUT2D eigenvalue weighted by molar-refractivity contribution is 7.92. The van der Waals surface area contributed by atoms with Crippen molar-refractivity contribution in [2.24, 2.45) is 0 Å². The van der Waals surface area contributed by atoms with Crippen LogP contribution in [0.15, 0.2) is 65.6 Å². The molecule has 0 aliphatic rings. The molecule has 0 radical (unpaired) electrons. The second kappa shape index (κ2) is 8.93. The molecule has 0 saturated heterocycles. The lowest BCUT2D eigenvalue weighted by Gasteiger charge is -2.25. The Morgan fingerprint density at radius 1 is 0.967 bits per heavy atom. The van der Waals surface area contributed by atoms with Crippen molar-refractivity contribution in [3.63, 3.8) is 0 Å². The molecular weight excluding hydrogens is 429 g/mol. The van der Waals surface area contributed by atoms with E-state index in [2.05, 4.69) is 0 Å². The molecule has 0 unspecified atom stereocenters. The van der Waals surface area contributed by atoms with E-state index in [9.17, 15) is 12.8 Å². The standard InChI is InChI=1S/C22H21ClFNO4S/c1-15-5-4-6-17(11-15)25(14-16-7-10-21(28-2)22(12-16)29-3)30(26,27)18-8-9-20(24)19(23)13-18/h4-13H,14H2,1-3H3. The summed E-state index contributed by atoms with van der Waals surface area (Å²) in [6, 6.07) is 15.7. The first-order valence-corrected chi connectivity index (χ1v) is 10.8. The third-order valence-electron chi connectivity index (χ3n) is 4.54. The summed E-state index contributed by atoms with van der Waals surface area (Å²) in [5.74, 6) is 0.343. The van der Waals surface area contributed by atoms with Crippen molar-refractivity contribution in [1.29, 1.82) is 0 Å². The number of aryl methyl sites for hydroxylation is 1. The van der Waals surface area contributed by atoms with Crippen LogP contribution in [0.2, 0.25) is 5.02 Å². The molecular formula is C22H21ClFNO4S. The SMILES string of the molecule is COc1ccc(CN(c2cccc(C)c2)S(=O)(=O)c2ccc(F)c(Cl)c2)cc1OC. The average molecular weight is 450 g/mol. The summed E-state index contributed by atoms with van der Waals surface area (Å²) in [4.78, 5) is -0.101. The first-order chi connectivity index (χ1) is 14.3. The van der Waals surface area contributed by atoms with Crippen LogP contribution in [0.4, 0.5) is 10.1 Å². The molecule has 0 amide bonds. The molecule has 3 aromatic carbocycles. The Morgan fingerprint density at radius 2 is 1.70 bits per heavy atom. The topological polar surface area (TPSA) is 55.8 Å². The fourth-order valence-corrected chi connectivity index (χ4v) is 4.72. The maximum atomic E-state index is 13.6. The first-order valence-electron chi connectivity index (χ1n) is 9.01. The maximum Gasteiger partial charge on any atom is 0.264 e. The van der Waals surface area contributed by atoms with Gasteiger partial charge in [0.05, 0.1) is 36.4 Å². The second-order valence-corrected chi connectivity index (χ2v) is 8.89. The van der Waals surface area contributed by atoms with E-state index in [1.165, 1.54) is 24.6 Å². The zero-order chi connectivity index (χ0) is 21.9. The van der Waals surface area contributed by atoms with Gasteiger partial charge in [0.25, 0.3) is 10.0 Å². The molecule has 0 aliphatic heterocycles. The summed E-state index contributed by atoms with van der Waals surface area (Å²) in [7, 11) is -0.995. The van der Waals surface area contributed by atoms with E-state index in [0.29, 0.717) is 22.7 Å². The van der Waals surface area contributed by atoms with Crippen LogP contribution >= 0.6 is 11.6 Å². The Bertz CT molecular complexity index is 1170. The number of ether oxygens (including phenoxy) is 2. The lowest BCUT2D eigenvalue weighted by Crippen LogP contribution is -2.30. The number of hydrogen-bond acceptors (Lipinski definition) is 4. The van der Waals surface area contributed by atoms with Crippen LogP contribution in [0.1, 0.15) is 11.1 Å². The van der Waals surface area contributed by atoms with Gasteiger partial charge in [0.15, 0.2) is 11.5 Å². The minimum absolute atomic E-state index is 0.0289. The van der Waals surface area contributed by atoms with Gasteiger partial charge in [0, 0.05) is 0 Å². The molecule has 30 heavy (non-hydrogen) atoms. The van der Waals surface area contributed by atoms with Gasteiger partial charge in [-0.15, -0.1) is 0 Å². The summed E-state index contributed by atoms with van der Waals surface area (Å²) in [6.07, 6.45) is 0. The van der Waals surface area contributed by atoms with Crippen molar-refractivity contribution in [3.05, 3.63) is 82.6 Å². The number of hydrogen-bond donors (Lipinski definition) is 0. The molecule has 0 saturated carbocycles. The third-order valence-corrected chi connectivity index (χ3v) is 6.60. The highest BCUT2D eigenvalue weighted by Gasteiger charge is 2.26. The zero-order valence-electron chi connectivity index (χ0n) is 16.7. The quantitative estimate of drug-likeness (QED) is 0.497. The summed E-state index contributed by atoms with van der Waals surface area (Å²) in [5, 5.41) is -0.258. The van der Waals surface area contributed by atoms with Crippen LogP contribution in [-0.4, -0.2) is 22.6 Å². The summed E-state index contributed by atoms with van der Waals surface area (Å²) < 4.78 is 52.4. The summed E-state index contributed by atoms with van der Waals surface area (Å²) in [6.45, 7) is 1.90. The van der Waals surface area contributed by atoms with Gasteiger partial charge in [-0.2, -0.15) is 0 Å². The molecule has 5 nitrogen and oxygen atoms in total. The van der Waals surface area contributed by atoms with E-state index in [4.69, 9.17) is 21.1 Å². The molecule has 8 heteroatoms. The van der Waals surface area contributed by atoms with Crippen LogP contribution in [0.5, 0.6) is 11.5 Å². The van der Waals surface area contributed by atoms with Gasteiger partial charge in [-0.25, -0.2) is 12.8 Å². The van der Waals surface area contributed by atoms with E-state index in [1.54, 1.807) is 36.4 Å². The summed E-state index contributed by atoms with van der Waals surface area (Å²) in [5.41, 5.74) is 2.06. The minimum atomic E-state index is -4.03. The van der Waals surface area contributed by atoms with Gasteiger partial charge in [-0.05, 0) is 60.5 Å². The molecule has 0 heterocycles. The number of benzene rings is 3. The molecule has 3 rings (SSSR count). The Morgan fingerprint density at radius 3 is 2.33 bits per heavy atom. The largest absolute Gasteiger partial charge is 0.493 e. The molecule has 0 N–H and O–H groups in total. The van der Waals surface area contributed by atoms with E-state index in [-0.39, 0.29) is 16.5 Å². The highest BCUT2D eigenvalue weighted by atomic mass is 35.5. The van der Waals surface area contributed by atoms with Crippen molar-refractivity contribution in [2.75, 3.05) is 18.5 Å². The van der Waals surface area contributed by atoms with Crippen LogP contribution in [0.3, 0.4) is 0 Å². The van der Waals surface area contributed by atoms with Gasteiger partial charge in [0.1, 0.15) is 5.82 Å². The maximum absolute atomic E-state index is 13.6. The monoisotopic (exact) mass is 449 g/mol. The lowest BCUT2D eigenvalue weighted by molar-refractivity contribution is 0.354. The van der Waals surface area contributed by atoms with Crippen molar-refractivity contribution < 1.29 is 22.3 Å². The van der Waals surface area contributed by atoms with Crippen molar-refractivity contribution in [1.82, 2.24) is 0 Å². The third kappa shape index (κ3) is 4.52. The molecule has 0 fully saturated rings. The van der Waals surface area contributed by atoms with Crippen LogP contribution < -0.4 is 13.8 Å². The molecule has 0 aliphatic carbocycles. The summed E-state index contributed by atoms with van der Waals surface area (Å²) >= 11 is 5.84. The Labute approximate surface area is 180 Å². The Hall–Kier alpha value is -2.77. The Kier molecular flexibility index (Phi) is 6.53. The van der Waals surface area contributed by atoms with Gasteiger partial charge < -0.3 is 9.47 Å². The second-order valence-electron chi connectivity index (χ2n) is 6.62. The molecule has 0 spiro atoms. The van der Waals surface area contributed by atoms with Crippen LogP contribution in [0.25, 0.3) is 0 Å². The van der Waals surface area contributed by atoms with Gasteiger partial charge in [-0.3, -0.25) is 4.31 Å². The van der Waals surface area contributed by atoms with E-state index in [1.807, 2.05) is 13.0 Å². The van der Waals surface area contributed by atoms with Crippen LogP contribution in [0, 0.1) is 12.7 Å². The fourth-order valence-electron chi connectivity index (χ4n) is 3.01. The van der Waals surface area contributed by atoms with E-state index < -0.39 is 15.8 Å². The van der Waals surface area contributed by atoms with E-state index in [0.717, 1.165) is 17.7 Å².